The van der Waals surface area contributed by atoms with E-state index < -0.39 is 17.8 Å². The molecule has 3 amide bonds. The molecule has 0 radical (unpaired) electrons. The fourth-order valence-electron chi connectivity index (χ4n) is 6.04. The Balaban J connectivity index is 1.12. The van der Waals surface area contributed by atoms with Crippen molar-refractivity contribution in [1.29, 1.82) is 0 Å². The average Bonchev–Trinajstić information content (AvgIpc) is 3.51. The summed E-state index contributed by atoms with van der Waals surface area (Å²) in [5.74, 6) is -1.18. The smallest absolute Gasteiger partial charge is 0.341 e. The van der Waals surface area contributed by atoms with Crippen LogP contribution in [0.25, 0.3) is 6.08 Å². The van der Waals surface area contributed by atoms with Crippen molar-refractivity contribution in [2.24, 2.45) is 0 Å². The summed E-state index contributed by atoms with van der Waals surface area (Å²) in [5.41, 5.74) is 5.47. The number of esters is 1. The van der Waals surface area contributed by atoms with E-state index in [9.17, 15) is 19.2 Å². The van der Waals surface area contributed by atoms with Crippen LogP contribution in [0.15, 0.2) is 120 Å². The molecule has 0 aliphatic heterocycles. The third-order valence-corrected chi connectivity index (χ3v) is 10.7. The SMILES string of the molecule is COC(=O)c1c(NC(=O)CSc2cccc(NC(=O)/C(=C\c3cccc(C)c3)NC(=O)c3ccccc3)c2)sc2c1CCC(c1ccccc1)C2. The molecule has 0 spiro atoms. The Morgan fingerprint density at radius 1 is 0.882 bits per heavy atom. The van der Waals surface area contributed by atoms with E-state index in [0.717, 1.165) is 45.7 Å². The van der Waals surface area contributed by atoms with Crippen molar-refractivity contribution in [3.63, 3.8) is 0 Å². The summed E-state index contributed by atoms with van der Waals surface area (Å²) in [6.45, 7) is 1.95. The van der Waals surface area contributed by atoms with Gasteiger partial charge in [0.05, 0.1) is 18.4 Å². The molecular formula is C41H37N3O5S2. The van der Waals surface area contributed by atoms with Crippen LogP contribution in [0.3, 0.4) is 0 Å². The van der Waals surface area contributed by atoms with E-state index >= 15 is 0 Å². The molecule has 4 aromatic carbocycles. The number of carbonyl (C=O) groups is 4. The fourth-order valence-corrected chi connectivity index (χ4v) is 8.13. The van der Waals surface area contributed by atoms with Gasteiger partial charge in [0.2, 0.25) is 5.91 Å². The number of carbonyl (C=O) groups excluding carboxylic acids is 4. The van der Waals surface area contributed by atoms with Gasteiger partial charge < -0.3 is 20.7 Å². The van der Waals surface area contributed by atoms with Gasteiger partial charge in [0, 0.05) is 21.0 Å². The molecule has 1 aromatic heterocycles. The van der Waals surface area contributed by atoms with Crippen molar-refractivity contribution in [2.45, 2.75) is 37.0 Å². The summed E-state index contributed by atoms with van der Waals surface area (Å²) in [5, 5.41) is 9.13. The normalized spacial score (nSPS) is 13.8. The first-order chi connectivity index (χ1) is 24.8. The predicted octanol–water partition coefficient (Wildman–Crippen LogP) is 8.26. The number of thiophene rings is 1. The van der Waals surface area contributed by atoms with Crippen LogP contribution < -0.4 is 16.0 Å². The third kappa shape index (κ3) is 9.02. The number of ether oxygens (including phenoxy) is 1. The zero-order chi connectivity index (χ0) is 35.7. The van der Waals surface area contributed by atoms with Crippen LogP contribution in [0.2, 0.25) is 0 Å². The highest BCUT2D eigenvalue weighted by atomic mass is 32.2. The summed E-state index contributed by atoms with van der Waals surface area (Å²) >= 11 is 2.75. The molecule has 8 nitrogen and oxygen atoms in total. The molecule has 3 N–H and O–H groups in total. The molecule has 0 saturated heterocycles. The van der Waals surface area contributed by atoms with E-state index in [2.05, 4.69) is 28.1 Å². The van der Waals surface area contributed by atoms with Crippen molar-refractivity contribution in [1.82, 2.24) is 5.32 Å². The number of benzene rings is 4. The maximum absolute atomic E-state index is 13.5. The highest BCUT2D eigenvalue weighted by molar-refractivity contribution is 8.00. The minimum atomic E-state index is -0.493. The number of anilines is 2. The summed E-state index contributed by atoms with van der Waals surface area (Å²) < 4.78 is 5.12. The maximum atomic E-state index is 13.5. The summed E-state index contributed by atoms with van der Waals surface area (Å²) in [6, 6.07) is 33.8. The van der Waals surface area contributed by atoms with Crippen molar-refractivity contribution >= 4 is 63.6 Å². The van der Waals surface area contributed by atoms with Crippen LogP contribution in [-0.4, -0.2) is 36.6 Å². The molecule has 258 valence electrons. The van der Waals surface area contributed by atoms with Gasteiger partial charge in [-0.05, 0) is 85.2 Å². The second-order valence-corrected chi connectivity index (χ2v) is 14.3. The molecule has 6 rings (SSSR count). The highest BCUT2D eigenvalue weighted by Crippen LogP contribution is 2.43. The van der Waals surface area contributed by atoms with Crippen LogP contribution >= 0.6 is 23.1 Å². The zero-order valence-corrected chi connectivity index (χ0v) is 29.9. The Bertz CT molecular complexity index is 2090. The van der Waals surface area contributed by atoms with Gasteiger partial charge in [-0.25, -0.2) is 4.79 Å². The van der Waals surface area contributed by atoms with Gasteiger partial charge in [0.15, 0.2) is 0 Å². The number of thioether (sulfide) groups is 1. The van der Waals surface area contributed by atoms with E-state index in [0.29, 0.717) is 27.7 Å². The molecule has 1 aliphatic carbocycles. The number of amides is 3. The second-order valence-electron chi connectivity index (χ2n) is 12.2. The van der Waals surface area contributed by atoms with Gasteiger partial charge in [-0.2, -0.15) is 0 Å². The molecular weight excluding hydrogens is 679 g/mol. The van der Waals surface area contributed by atoms with Crippen LogP contribution in [-0.2, 0) is 27.2 Å². The molecule has 1 aliphatic rings. The van der Waals surface area contributed by atoms with Gasteiger partial charge in [0.25, 0.3) is 11.8 Å². The van der Waals surface area contributed by atoms with Gasteiger partial charge in [0.1, 0.15) is 10.7 Å². The fraction of sp³-hybridized carbons (Fsp3) is 0.171. The molecule has 0 fully saturated rings. The standard InChI is InChI=1S/C41H37N3O5S2/c1-26-11-9-12-27(21-26)22-34(43-38(46)29-15-7-4-8-16-29)39(47)42-31-17-10-18-32(24-31)50-25-36(45)44-40-37(41(48)49-2)33-20-19-30(23-35(33)51-40)28-13-5-3-6-14-28/h3-18,21-22,24,30H,19-20,23,25H2,1-2H3,(H,42,47)(H,43,46)(H,44,45)/b34-22+. The Labute approximate surface area is 305 Å². The van der Waals surface area contributed by atoms with Crippen molar-refractivity contribution in [3.8, 4) is 0 Å². The van der Waals surface area contributed by atoms with E-state index in [4.69, 9.17) is 4.74 Å². The number of hydrogen-bond acceptors (Lipinski definition) is 7. The average molecular weight is 716 g/mol. The zero-order valence-electron chi connectivity index (χ0n) is 28.2. The summed E-state index contributed by atoms with van der Waals surface area (Å²) in [4.78, 5) is 54.5. The first-order valence-electron chi connectivity index (χ1n) is 16.5. The third-order valence-electron chi connectivity index (χ3n) is 8.52. The minimum absolute atomic E-state index is 0.0822. The Morgan fingerprint density at radius 3 is 2.37 bits per heavy atom. The van der Waals surface area contributed by atoms with E-state index in [-0.39, 0.29) is 17.4 Å². The summed E-state index contributed by atoms with van der Waals surface area (Å²) in [6.07, 6.45) is 4.08. The first kappa shape index (κ1) is 35.4. The first-order valence-corrected chi connectivity index (χ1v) is 18.3. The molecule has 1 heterocycles. The molecule has 5 aromatic rings. The Morgan fingerprint density at radius 2 is 1.63 bits per heavy atom. The largest absolute Gasteiger partial charge is 0.465 e. The topological polar surface area (TPSA) is 114 Å². The van der Waals surface area contributed by atoms with Crippen LogP contribution in [0.1, 0.15) is 60.2 Å². The molecule has 51 heavy (non-hydrogen) atoms. The van der Waals surface area contributed by atoms with E-state index in [1.54, 1.807) is 48.5 Å². The lowest BCUT2D eigenvalue weighted by atomic mass is 9.83. The lowest BCUT2D eigenvalue weighted by molar-refractivity contribution is -0.114. The van der Waals surface area contributed by atoms with E-state index in [1.165, 1.54) is 35.8 Å². The number of nitrogens with one attached hydrogen (secondary N) is 3. The molecule has 0 bridgehead atoms. The van der Waals surface area contributed by atoms with Gasteiger partial charge in [-0.1, -0.05) is 84.4 Å². The van der Waals surface area contributed by atoms with Crippen molar-refractivity contribution in [3.05, 3.63) is 153 Å². The maximum Gasteiger partial charge on any atom is 0.341 e. The second kappa shape index (κ2) is 16.5. The number of methoxy groups -OCH3 is 1. The molecule has 1 unspecified atom stereocenters. The number of fused-ring (bicyclic) bond motifs is 1. The van der Waals surface area contributed by atoms with Crippen LogP contribution in [0, 0.1) is 6.92 Å². The quantitative estimate of drug-likeness (QED) is 0.0721. The minimum Gasteiger partial charge on any atom is -0.465 e. The molecule has 10 heteroatoms. The van der Waals surface area contributed by atoms with E-state index in [1.807, 2.05) is 61.5 Å². The number of aryl methyl sites for hydroxylation is 1. The lowest BCUT2D eigenvalue weighted by Crippen LogP contribution is -2.30. The van der Waals surface area contributed by atoms with Gasteiger partial charge >= 0.3 is 5.97 Å². The highest BCUT2D eigenvalue weighted by Gasteiger charge is 2.30. The molecule has 1 atom stereocenters. The Kier molecular flexibility index (Phi) is 11.4. The summed E-state index contributed by atoms with van der Waals surface area (Å²) in [7, 11) is 1.35. The van der Waals surface area contributed by atoms with Gasteiger partial charge in [-0.3, -0.25) is 14.4 Å². The number of hydrogen-bond donors (Lipinski definition) is 3. The Hall–Kier alpha value is -5.45. The van der Waals surface area contributed by atoms with Crippen molar-refractivity contribution in [2.75, 3.05) is 23.5 Å². The van der Waals surface area contributed by atoms with Crippen molar-refractivity contribution < 1.29 is 23.9 Å². The van der Waals surface area contributed by atoms with Gasteiger partial charge in [-0.15, -0.1) is 23.1 Å². The lowest BCUT2D eigenvalue weighted by Gasteiger charge is -2.22. The van der Waals surface area contributed by atoms with Crippen LogP contribution in [0.5, 0.6) is 0 Å². The molecule has 0 saturated carbocycles. The monoisotopic (exact) mass is 715 g/mol. The predicted molar refractivity (Wildman–Crippen MR) is 204 cm³/mol. The number of rotatable bonds is 11. The van der Waals surface area contributed by atoms with Crippen LogP contribution in [0.4, 0.5) is 10.7 Å².